The van der Waals surface area contributed by atoms with E-state index in [1.165, 1.54) is 12.1 Å². The molecule has 0 heterocycles. The zero-order valence-electron chi connectivity index (χ0n) is 14.2. The van der Waals surface area contributed by atoms with Gasteiger partial charge in [0.2, 0.25) is 0 Å². The average molecular weight is 578 g/mol. The summed E-state index contributed by atoms with van der Waals surface area (Å²) in [5, 5.41) is 0. The van der Waals surface area contributed by atoms with E-state index in [1.807, 2.05) is 0 Å². The van der Waals surface area contributed by atoms with E-state index in [0.29, 0.717) is 11.1 Å². The molecule has 2 radical (unpaired) electrons. The van der Waals surface area contributed by atoms with Crippen molar-refractivity contribution in [3.63, 3.8) is 0 Å². The standard InChI is InChI=1S/2C8H10O3S.Pb/c2*1-6-3-4-7(2)8(5-6)12(9,10)11;/h2*3-5H,1-2H3,(H,9,10,11);/q;;+2/p-2. The number of aryl methyl sites for hydroxylation is 4. The van der Waals surface area contributed by atoms with E-state index < -0.39 is 45.4 Å². The topological polar surface area (TPSA) is 86.7 Å². The molecule has 134 valence electrons. The van der Waals surface area contributed by atoms with E-state index >= 15 is 0 Å². The van der Waals surface area contributed by atoms with Crippen molar-refractivity contribution < 1.29 is 21.1 Å². The Hall–Kier alpha value is -0.818. The van der Waals surface area contributed by atoms with Crippen LogP contribution in [-0.2, 0) is 24.5 Å². The van der Waals surface area contributed by atoms with Gasteiger partial charge in [-0.3, -0.25) is 0 Å². The Morgan fingerprint density at radius 1 is 0.680 bits per heavy atom. The molecule has 0 saturated carbocycles. The van der Waals surface area contributed by atoms with Crippen LogP contribution in [0.5, 0.6) is 0 Å². The molecule has 0 aliphatic heterocycles. The fourth-order valence-corrected chi connectivity index (χ4v) is 9.36. The van der Waals surface area contributed by atoms with Gasteiger partial charge in [0.25, 0.3) is 0 Å². The number of rotatable bonds is 6. The first kappa shape index (κ1) is 20.5. The first-order chi connectivity index (χ1) is 11.5. The van der Waals surface area contributed by atoms with Crippen LogP contribution in [0.25, 0.3) is 0 Å². The van der Waals surface area contributed by atoms with Crippen LogP contribution >= 0.6 is 0 Å². The van der Waals surface area contributed by atoms with Crippen molar-refractivity contribution in [1.29, 1.82) is 0 Å². The summed E-state index contributed by atoms with van der Waals surface area (Å²) in [6.07, 6.45) is 0. The monoisotopic (exact) mass is 578 g/mol. The third kappa shape index (κ3) is 5.10. The predicted molar refractivity (Wildman–Crippen MR) is 94.1 cm³/mol. The van der Waals surface area contributed by atoms with E-state index in [1.54, 1.807) is 52.0 Å². The predicted octanol–water partition coefficient (Wildman–Crippen LogP) is 2.57. The second-order valence-corrected chi connectivity index (χ2v) is 13.3. The third-order valence-electron chi connectivity index (χ3n) is 3.51. The molecule has 0 bridgehead atoms. The fraction of sp³-hybridized carbons (Fsp3) is 0.250. The summed E-state index contributed by atoms with van der Waals surface area (Å²) in [4.78, 5) is 0.0699. The van der Waals surface area contributed by atoms with Crippen molar-refractivity contribution in [3.8, 4) is 0 Å². The van der Waals surface area contributed by atoms with Crippen LogP contribution in [0.2, 0.25) is 0 Å². The van der Waals surface area contributed by atoms with E-state index in [-0.39, 0.29) is 9.79 Å². The normalized spacial score (nSPS) is 12.3. The van der Waals surface area contributed by atoms with E-state index in [2.05, 4.69) is 0 Å². The van der Waals surface area contributed by atoms with Crippen LogP contribution in [0, 0.1) is 27.7 Å². The van der Waals surface area contributed by atoms with Crippen LogP contribution in [0.15, 0.2) is 46.2 Å². The van der Waals surface area contributed by atoms with Gasteiger partial charge < -0.3 is 0 Å². The fourth-order valence-electron chi connectivity index (χ4n) is 2.15. The second kappa shape index (κ2) is 7.82. The third-order valence-corrected chi connectivity index (χ3v) is 12.8. The summed E-state index contributed by atoms with van der Waals surface area (Å²) < 4.78 is 59.1. The van der Waals surface area contributed by atoms with Crippen molar-refractivity contribution in [3.05, 3.63) is 58.7 Å². The summed E-state index contributed by atoms with van der Waals surface area (Å²) in [5.41, 5.74) is 2.60. The number of hydrogen-bond donors (Lipinski definition) is 0. The molecule has 0 spiro atoms. The van der Waals surface area contributed by atoms with Crippen LogP contribution in [0.1, 0.15) is 22.3 Å². The van der Waals surface area contributed by atoms with Gasteiger partial charge >= 0.3 is 163 Å². The van der Waals surface area contributed by atoms with Gasteiger partial charge in [0.15, 0.2) is 0 Å². The van der Waals surface area contributed by atoms with Gasteiger partial charge in [0, 0.05) is 0 Å². The van der Waals surface area contributed by atoms with Crippen LogP contribution < -0.4 is 0 Å². The average Bonchev–Trinajstić information content (AvgIpc) is 2.51. The zero-order valence-corrected chi connectivity index (χ0v) is 19.8. The molecule has 0 unspecified atom stereocenters. The summed E-state index contributed by atoms with van der Waals surface area (Å²) in [7, 11) is -8.08. The van der Waals surface area contributed by atoms with Gasteiger partial charge in [-0.1, -0.05) is 0 Å². The Labute approximate surface area is 161 Å². The van der Waals surface area contributed by atoms with Gasteiger partial charge in [0.1, 0.15) is 0 Å². The molecule has 9 heteroatoms. The summed E-state index contributed by atoms with van der Waals surface area (Å²) in [6, 6.07) is 9.91. The van der Waals surface area contributed by atoms with Crippen molar-refractivity contribution in [2.75, 3.05) is 0 Å². The maximum atomic E-state index is 12.3. The maximum absolute atomic E-state index is 12.3. The molecule has 0 atom stereocenters. The Bertz CT molecular complexity index is 916. The summed E-state index contributed by atoms with van der Waals surface area (Å²) in [6.45, 7) is 6.83. The van der Waals surface area contributed by atoms with Gasteiger partial charge in [-0.25, -0.2) is 0 Å². The molecular weight excluding hydrogens is 560 g/mol. The molecule has 0 N–H and O–H groups in total. The Morgan fingerprint density at radius 2 is 1.04 bits per heavy atom. The molecule has 2 aromatic carbocycles. The van der Waals surface area contributed by atoms with Gasteiger partial charge in [-0.15, -0.1) is 0 Å². The van der Waals surface area contributed by atoms with Crippen molar-refractivity contribution in [2.45, 2.75) is 37.5 Å². The minimum absolute atomic E-state index is 0.0349. The van der Waals surface area contributed by atoms with Crippen molar-refractivity contribution in [1.82, 2.24) is 0 Å². The Balaban J connectivity index is 2.16. The Morgan fingerprint density at radius 3 is 1.40 bits per heavy atom. The van der Waals surface area contributed by atoms with Gasteiger partial charge in [-0.05, 0) is 0 Å². The zero-order chi connectivity index (χ0) is 18.8. The molecule has 0 saturated heterocycles. The summed E-state index contributed by atoms with van der Waals surface area (Å²) >= 11 is -2.87. The van der Waals surface area contributed by atoms with E-state index in [0.717, 1.165) is 11.1 Å². The molecule has 0 aliphatic rings. The van der Waals surface area contributed by atoms with E-state index in [9.17, 15) is 16.8 Å². The Kier molecular flexibility index (Phi) is 6.41. The molecule has 0 fully saturated rings. The quantitative estimate of drug-likeness (QED) is 0.491. The first-order valence-electron chi connectivity index (χ1n) is 7.29. The van der Waals surface area contributed by atoms with Gasteiger partial charge in [0.05, 0.1) is 0 Å². The molecular formula is C16H18O6PbS2. The molecule has 25 heavy (non-hydrogen) atoms. The molecule has 6 nitrogen and oxygen atoms in total. The SMILES string of the molecule is Cc1ccc(C)c(S(=O)(=O)[O][Pb][O]S(=O)(=O)c2cc(C)ccc2C)c1. The van der Waals surface area contributed by atoms with Crippen molar-refractivity contribution >= 4 is 45.4 Å². The molecule has 0 aromatic heterocycles. The number of hydrogen-bond acceptors (Lipinski definition) is 6. The van der Waals surface area contributed by atoms with Crippen LogP contribution in [0.4, 0.5) is 0 Å². The van der Waals surface area contributed by atoms with Crippen LogP contribution in [-0.4, -0.2) is 42.0 Å². The van der Waals surface area contributed by atoms with Crippen LogP contribution in [0.3, 0.4) is 0 Å². The minimum atomic E-state index is -4.04. The first-order valence-corrected chi connectivity index (χ1v) is 13.3. The molecule has 2 aromatic rings. The second-order valence-electron chi connectivity index (χ2n) is 5.70. The molecule has 0 aliphatic carbocycles. The molecule has 0 amide bonds. The van der Waals surface area contributed by atoms with Crippen molar-refractivity contribution in [2.24, 2.45) is 0 Å². The number of benzene rings is 2. The summed E-state index contributed by atoms with van der Waals surface area (Å²) in [5.74, 6) is 0. The molecule has 2 rings (SSSR count). The van der Waals surface area contributed by atoms with E-state index in [4.69, 9.17) is 4.27 Å². The van der Waals surface area contributed by atoms with Gasteiger partial charge in [-0.2, -0.15) is 0 Å².